The van der Waals surface area contributed by atoms with Gasteiger partial charge < -0.3 is 20.2 Å². The van der Waals surface area contributed by atoms with Gasteiger partial charge in [-0.1, -0.05) is 19.9 Å². The summed E-state index contributed by atoms with van der Waals surface area (Å²) in [6.07, 6.45) is 0.496. The first-order chi connectivity index (χ1) is 20.0. The highest BCUT2D eigenvalue weighted by molar-refractivity contribution is 5.99. The maximum Gasteiger partial charge on any atom is 0.254 e. The van der Waals surface area contributed by atoms with Crippen LogP contribution in [0.1, 0.15) is 59.2 Å². The lowest BCUT2D eigenvalue weighted by atomic mass is 9.91. The number of phenols is 1. The number of aryl methyl sites for hydroxylation is 1. The molecule has 0 radical (unpaired) electrons. The number of hydrogen-bond donors (Lipinski definition) is 2. The summed E-state index contributed by atoms with van der Waals surface area (Å²) in [5.74, 6) is -0.182. The number of piperazine rings is 1. The zero-order valence-electron chi connectivity index (χ0n) is 24.5. The van der Waals surface area contributed by atoms with Gasteiger partial charge in [0.15, 0.2) is 0 Å². The van der Waals surface area contributed by atoms with Gasteiger partial charge >= 0.3 is 0 Å². The molecule has 0 aliphatic carbocycles. The summed E-state index contributed by atoms with van der Waals surface area (Å²) in [6, 6.07) is 11.7. The fourth-order valence-corrected chi connectivity index (χ4v) is 6.46. The third-order valence-corrected chi connectivity index (χ3v) is 8.75. The summed E-state index contributed by atoms with van der Waals surface area (Å²) in [5.41, 5.74) is 5.21. The van der Waals surface area contributed by atoms with Crippen LogP contribution >= 0.6 is 0 Å². The molecule has 220 valence electrons. The first kappa shape index (κ1) is 28.2. The highest BCUT2D eigenvalue weighted by Crippen LogP contribution is 2.39. The predicted molar refractivity (Wildman–Crippen MR) is 157 cm³/mol. The quantitative estimate of drug-likeness (QED) is 0.468. The smallest absolute Gasteiger partial charge is 0.254 e. The number of amides is 2. The second kappa shape index (κ2) is 10.7. The fraction of sp³-hybridized carbons (Fsp3) is 0.438. The Hall–Kier alpha value is -3.89. The molecule has 1 aromatic heterocycles. The van der Waals surface area contributed by atoms with Gasteiger partial charge in [0.1, 0.15) is 11.6 Å². The number of carbonyl (C=O) groups is 2. The zero-order valence-corrected chi connectivity index (χ0v) is 24.5. The second-order valence-corrected chi connectivity index (χ2v) is 12.6. The standard InChI is InChI=1S/C32H37FN6O3/c1-19-9-23(33)6-5-21(19)10-24-12-28-30(36-35-24)32(3,4)18-39(28)29(41)17-37-14-20(2)34-13-25(37)16-38-15-22-11-26(40)7-8-27(22)31(38)42/h5-9,11-12,20,25,34,40H,10,13-18H2,1-4H3/t20-,25-/m1/s1. The molecule has 42 heavy (non-hydrogen) atoms. The number of nitrogens with zero attached hydrogens (tertiary/aromatic N) is 5. The number of benzene rings is 2. The Kier molecular flexibility index (Phi) is 7.22. The highest BCUT2D eigenvalue weighted by atomic mass is 19.1. The highest BCUT2D eigenvalue weighted by Gasteiger charge is 2.42. The molecule has 2 atom stereocenters. The Morgan fingerprint density at radius 2 is 1.98 bits per heavy atom. The van der Waals surface area contributed by atoms with Crippen LogP contribution in [0.15, 0.2) is 42.5 Å². The molecule has 0 saturated carbocycles. The number of aromatic hydroxyl groups is 1. The minimum absolute atomic E-state index is 0.0150. The number of halogens is 1. The van der Waals surface area contributed by atoms with Gasteiger partial charge in [-0.2, -0.15) is 10.2 Å². The average molecular weight is 573 g/mol. The van der Waals surface area contributed by atoms with E-state index in [1.807, 2.05) is 17.9 Å². The summed E-state index contributed by atoms with van der Waals surface area (Å²) in [7, 11) is 0. The van der Waals surface area contributed by atoms with Gasteiger partial charge in [-0.15, -0.1) is 0 Å². The van der Waals surface area contributed by atoms with Crippen molar-refractivity contribution in [3.05, 3.63) is 81.9 Å². The first-order valence-corrected chi connectivity index (χ1v) is 14.5. The number of aromatic nitrogens is 2. The third kappa shape index (κ3) is 5.36. The van der Waals surface area contributed by atoms with Gasteiger partial charge in [-0.25, -0.2) is 4.39 Å². The number of fused-ring (bicyclic) bond motifs is 2. The molecule has 2 amide bonds. The van der Waals surface area contributed by atoms with Crippen LogP contribution in [0.5, 0.6) is 5.75 Å². The van der Waals surface area contributed by atoms with E-state index in [4.69, 9.17) is 0 Å². The molecule has 2 N–H and O–H groups in total. The van der Waals surface area contributed by atoms with E-state index in [1.54, 1.807) is 29.2 Å². The summed E-state index contributed by atoms with van der Waals surface area (Å²) in [5, 5.41) is 22.4. The number of phenolic OH excluding ortho intramolecular Hbond substituents is 1. The maximum atomic E-state index is 14.0. The van der Waals surface area contributed by atoms with Crippen molar-refractivity contribution in [2.24, 2.45) is 0 Å². The molecule has 4 heterocycles. The Morgan fingerprint density at radius 1 is 1.17 bits per heavy atom. The Balaban J connectivity index is 1.20. The molecular weight excluding hydrogens is 535 g/mol. The van der Waals surface area contributed by atoms with Gasteiger partial charge in [0, 0.05) is 62.2 Å². The molecule has 0 spiro atoms. The van der Waals surface area contributed by atoms with E-state index in [9.17, 15) is 19.1 Å². The van der Waals surface area contributed by atoms with Gasteiger partial charge in [-0.05, 0) is 66.9 Å². The van der Waals surface area contributed by atoms with E-state index in [0.29, 0.717) is 44.7 Å². The van der Waals surface area contributed by atoms with Gasteiger partial charge in [-0.3, -0.25) is 14.5 Å². The molecule has 3 aliphatic rings. The molecule has 10 heteroatoms. The van der Waals surface area contributed by atoms with E-state index in [-0.39, 0.29) is 47.4 Å². The van der Waals surface area contributed by atoms with Crippen molar-refractivity contribution in [2.75, 3.05) is 37.6 Å². The normalized spacial score (nSPS) is 21.5. The van der Waals surface area contributed by atoms with Crippen LogP contribution in [0.2, 0.25) is 0 Å². The van der Waals surface area contributed by atoms with Crippen LogP contribution in [0, 0.1) is 12.7 Å². The van der Waals surface area contributed by atoms with Crippen LogP contribution in [0.25, 0.3) is 0 Å². The van der Waals surface area contributed by atoms with Gasteiger partial charge in [0.2, 0.25) is 5.91 Å². The largest absolute Gasteiger partial charge is 0.508 e. The molecule has 0 unspecified atom stereocenters. The minimum Gasteiger partial charge on any atom is -0.508 e. The van der Waals surface area contributed by atoms with Crippen molar-refractivity contribution >= 4 is 17.5 Å². The van der Waals surface area contributed by atoms with Crippen molar-refractivity contribution in [2.45, 2.75) is 58.2 Å². The molecule has 0 bridgehead atoms. The zero-order chi connectivity index (χ0) is 29.8. The van der Waals surface area contributed by atoms with E-state index >= 15 is 0 Å². The number of carbonyl (C=O) groups excluding carboxylic acids is 2. The van der Waals surface area contributed by atoms with Crippen molar-refractivity contribution in [3.8, 4) is 5.75 Å². The first-order valence-electron chi connectivity index (χ1n) is 14.5. The SMILES string of the molecule is Cc1cc(F)ccc1Cc1cc2c(nn1)C(C)(C)CN2C(=O)CN1C[C@@H](C)NC[C@@H]1CN1Cc2cc(O)ccc2C1=O. The van der Waals surface area contributed by atoms with E-state index in [2.05, 4.69) is 41.2 Å². The Bertz CT molecular complexity index is 1560. The van der Waals surface area contributed by atoms with Crippen LogP contribution in [-0.2, 0) is 23.2 Å². The van der Waals surface area contributed by atoms with Crippen LogP contribution in [-0.4, -0.2) is 81.7 Å². The molecular formula is C32H37FN6O3. The lowest BCUT2D eigenvalue weighted by molar-refractivity contribution is -0.120. The molecule has 6 rings (SSSR count). The predicted octanol–water partition coefficient (Wildman–Crippen LogP) is 3.16. The number of nitrogens with one attached hydrogen (secondary N) is 1. The number of anilines is 1. The summed E-state index contributed by atoms with van der Waals surface area (Å²) < 4.78 is 13.6. The monoisotopic (exact) mass is 572 g/mol. The maximum absolute atomic E-state index is 14.0. The van der Waals surface area contributed by atoms with Crippen LogP contribution < -0.4 is 10.2 Å². The van der Waals surface area contributed by atoms with E-state index < -0.39 is 0 Å². The van der Waals surface area contributed by atoms with Crippen LogP contribution in [0.3, 0.4) is 0 Å². The molecule has 1 fully saturated rings. The molecule has 3 aromatic rings. The molecule has 3 aliphatic heterocycles. The van der Waals surface area contributed by atoms with Gasteiger partial charge in [0.05, 0.1) is 23.6 Å². The molecule has 2 aromatic carbocycles. The number of rotatable bonds is 6. The molecule has 1 saturated heterocycles. The summed E-state index contributed by atoms with van der Waals surface area (Å²) in [4.78, 5) is 32.9. The molecule has 9 nitrogen and oxygen atoms in total. The van der Waals surface area contributed by atoms with Crippen molar-refractivity contribution < 1.29 is 19.1 Å². The summed E-state index contributed by atoms with van der Waals surface area (Å²) in [6.45, 7) is 11.1. The number of hydrogen-bond acceptors (Lipinski definition) is 7. The van der Waals surface area contributed by atoms with Crippen molar-refractivity contribution in [1.82, 2.24) is 25.3 Å². The fourth-order valence-electron chi connectivity index (χ4n) is 6.46. The van der Waals surface area contributed by atoms with Crippen molar-refractivity contribution in [3.63, 3.8) is 0 Å². The van der Waals surface area contributed by atoms with Crippen LogP contribution in [0.4, 0.5) is 10.1 Å². The third-order valence-electron chi connectivity index (χ3n) is 8.75. The summed E-state index contributed by atoms with van der Waals surface area (Å²) >= 11 is 0. The Labute approximate surface area is 245 Å². The lowest BCUT2D eigenvalue weighted by Gasteiger charge is -2.41. The lowest BCUT2D eigenvalue weighted by Crippen LogP contribution is -2.60. The Morgan fingerprint density at radius 3 is 2.76 bits per heavy atom. The van der Waals surface area contributed by atoms with Gasteiger partial charge in [0.25, 0.3) is 5.91 Å². The topological polar surface area (TPSA) is 102 Å². The second-order valence-electron chi connectivity index (χ2n) is 12.6. The van der Waals surface area contributed by atoms with E-state index in [0.717, 1.165) is 33.8 Å². The average Bonchev–Trinajstić information content (AvgIpc) is 3.38. The minimum atomic E-state index is -0.349. The van der Waals surface area contributed by atoms with E-state index in [1.165, 1.54) is 12.1 Å². The van der Waals surface area contributed by atoms with Crippen molar-refractivity contribution in [1.29, 1.82) is 0 Å².